The third-order valence-electron chi connectivity index (χ3n) is 4.29. The minimum Gasteiger partial charge on any atom is -0.483 e. The number of unbranched alkanes of at least 4 members (excludes halogenated alkanes) is 7. The quantitative estimate of drug-likeness (QED) is 0.377. The van der Waals surface area contributed by atoms with Crippen molar-refractivity contribution >= 4 is 39.4 Å². The molecule has 0 saturated heterocycles. The molecule has 1 aromatic carbocycles. The van der Waals surface area contributed by atoms with Crippen LogP contribution in [0.3, 0.4) is 0 Å². The molecule has 2 aromatic rings. The summed E-state index contributed by atoms with van der Waals surface area (Å²) in [5.41, 5.74) is 0.695. The fourth-order valence-electron chi connectivity index (χ4n) is 2.83. The van der Waals surface area contributed by atoms with E-state index < -0.39 is 0 Å². The van der Waals surface area contributed by atoms with Crippen molar-refractivity contribution in [1.82, 2.24) is 4.98 Å². The standard InChI is InChI=1S/C21H28ClNO2S/c1-2-3-4-5-6-7-8-9-15-26-20(24)16-25-19-13-12-18(22)17-11-10-14-23-21(17)19/h10-14H,2-9,15-16H2,1H3. The van der Waals surface area contributed by atoms with Gasteiger partial charge in [0.25, 0.3) is 0 Å². The van der Waals surface area contributed by atoms with Crippen molar-refractivity contribution in [3.05, 3.63) is 35.5 Å². The number of hydrogen-bond acceptors (Lipinski definition) is 4. The van der Waals surface area contributed by atoms with Crippen LogP contribution < -0.4 is 4.74 Å². The molecule has 0 N–H and O–H groups in total. The lowest BCUT2D eigenvalue weighted by Crippen LogP contribution is -2.08. The first-order chi connectivity index (χ1) is 12.7. The summed E-state index contributed by atoms with van der Waals surface area (Å²) in [4.78, 5) is 16.3. The molecule has 0 unspecified atom stereocenters. The first-order valence-electron chi connectivity index (χ1n) is 9.54. The number of halogens is 1. The summed E-state index contributed by atoms with van der Waals surface area (Å²) in [6.45, 7) is 2.30. The minimum absolute atomic E-state index is 0.0620. The van der Waals surface area contributed by atoms with Gasteiger partial charge < -0.3 is 4.74 Å². The van der Waals surface area contributed by atoms with Crippen LogP contribution in [-0.2, 0) is 4.79 Å². The Labute approximate surface area is 165 Å². The van der Waals surface area contributed by atoms with Crippen molar-refractivity contribution in [2.75, 3.05) is 12.4 Å². The van der Waals surface area contributed by atoms with Crippen molar-refractivity contribution in [1.29, 1.82) is 0 Å². The molecular weight excluding hydrogens is 366 g/mol. The molecule has 0 spiro atoms. The molecule has 142 valence electrons. The van der Waals surface area contributed by atoms with Gasteiger partial charge in [-0.15, -0.1) is 0 Å². The second-order valence-corrected chi connectivity index (χ2v) is 7.99. The summed E-state index contributed by atoms with van der Waals surface area (Å²) >= 11 is 7.54. The van der Waals surface area contributed by atoms with E-state index in [-0.39, 0.29) is 11.7 Å². The van der Waals surface area contributed by atoms with E-state index in [0.29, 0.717) is 16.3 Å². The summed E-state index contributed by atoms with van der Waals surface area (Å²) in [5.74, 6) is 1.47. The Hall–Kier alpha value is -1.26. The molecule has 1 heterocycles. The number of aromatic nitrogens is 1. The summed E-state index contributed by atoms with van der Waals surface area (Å²) in [6.07, 6.45) is 11.9. The van der Waals surface area contributed by atoms with Crippen LogP contribution in [0.5, 0.6) is 5.75 Å². The number of carbonyl (C=O) groups is 1. The average molecular weight is 394 g/mol. The zero-order valence-electron chi connectivity index (χ0n) is 15.5. The van der Waals surface area contributed by atoms with Crippen LogP contribution in [0.1, 0.15) is 58.3 Å². The smallest absolute Gasteiger partial charge is 0.226 e. The van der Waals surface area contributed by atoms with E-state index in [1.807, 2.05) is 12.1 Å². The van der Waals surface area contributed by atoms with E-state index in [4.69, 9.17) is 16.3 Å². The van der Waals surface area contributed by atoms with Gasteiger partial charge in [-0.25, -0.2) is 0 Å². The molecule has 3 nitrogen and oxygen atoms in total. The van der Waals surface area contributed by atoms with Crippen LogP contribution in [0.2, 0.25) is 5.02 Å². The van der Waals surface area contributed by atoms with Gasteiger partial charge in [0.2, 0.25) is 5.12 Å². The first-order valence-corrected chi connectivity index (χ1v) is 10.9. The maximum absolute atomic E-state index is 12.0. The lowest BCUT2D eigenvalue weighted by Gasteiger charge is -2.09. The predicted octanol–water partition coefficient (Wildman–Crippen LogP) is 6.67. The minimum atomic E-state index is 0.0620. The van der Waals surface area contributed by atoms with Gasteiger partial charge in [0.15, 0.2) is 6.61 Å². The molecule has 0 atom stereocenters. The van der Waals surface area contributed by atoms with Crippen molar-refractivity contribution in [3.8, 4) is 5.75 Å². The van der Waals surface area contributed by atoms with Crippen molar-refractivity contribution < 1.29 is 9.53 Å². The normalized spacial score (nSPS) is 11.0. The van der Waals surface area contributed by atoms with Gasteiger partial charge in [0.05, 0.1) is 5.02 Å². The van der Waals surface area contributed by atoms with Crippen LogP contribution >= 0.6 is 23.4 Å². The Morgan fingerprint density at radius 1 is 1.08 bits per heavy atom. The van der Waals surface area contributed by atoms with Crippen molar-refractivity contribution in [3.63, 3.8) is 0 Å². The summed E-state index contributed by atoms with van der Waals surface area (Å²) in [5, 5.41) is 1.54. The number of benzene rings is 1. The maximum atomic E-state index is 12.0. The van der Waals surface area contributed by atoms with E-state index in [9.17, 15) is 4.79 Å². The van der Waals surface area contributed by atoms with Gasteiger partial charge in [0, 0.05) is 17.3 Å². The molecule has 0 saturated carbocycles. The van der Waals surface area contributed by atoms with Crippen molar-refractivity contribution in [2.45, 2.75) is 58.3 Å². The largest absolute Gasteiger partial charge is 0.483 e. The van der Waals surface area contributed by atoms with Gasteiger partial charge in [0.1, 0.15) is 11.3 Å². The number of ether oxygens (including phenoxy) is 1. The van der Waals surface area contributed by atoms with E-state index in [1.165, 1.54) is 56.7 Å². The molecule has 0 radical (unpaired) electrons. The van der Waals surface area contributed by atoms with E-state index in [2.05, 4.69) is 11.9 Å². The molecule has 0 aliphatic heterocycles. The highest BCUT2D eigenvalue weighted by Gasteiger charge is 2.09. The second-order valence-electron chi connectivity index (χ2n) is 6.43. The lowest BCUT2D eigenvalue weighted by atomic mass is 10.1. The molecule has 0 aliphatic carbocycles. The topological polar surface area (TPSA) is 39.2 Å². The molecule has 26 heavy (non-hydrogen) atoms. The summed E-state index contributed by atoms with van der Waals surface area (Å²) in [6, 6.07) is 7.28. The van der Waals surface area contributed by atoms with E-state index >= 15 is 0 Å². The number of fused-ring (bicyclic) bond motifs is 1. The highest BCUT2D eigenvalue weighted by Crippen LogP contribution is 2.29. The summed E-state index contributed by atoms with van der Waals surface area (Å²) in [7, 11) is 0. The van der Waals surface area contributed by atoms with Crippen LogP contribution in [0.25, 0.3) is 10.9 Å². The lowest BCUT2D eigenvalue weighted by molar-refractivity contribution is -0.112. The Bertz CT molecular complexity index is 693. The molecule has 0 aliphatic rings. The van der Waals surface area contributed by atoms with Crippen LogP contribution in [0.15, 0.2) is 30.5 Å². The van der Waals surface area contributed by atoms with Crippen molar-refractivity contribution in [2.24, 2.45) is 0 Å². The molecule has 5 heteroatoms. The van der Waals surface area contributed by atoms with Crippen LogP contribution in [-0.4, -0.2) is 22.5 Å². The van der Waals surface area contributed by atoms with Crippen LogP contribution in [0.4, 0.5) is 0 Å². The third-order valence-corrected chi connectivity index (χ3v) is 5.55. The molecule has 1 aromatic heterocycles. The number of thioether (sulfide) groups is 1. The molecule has 0 fully saturated rings. The first kappa shape index (κ1) is 21.0. The Morgan fingerprint density at radius 3 is 2.58 bits per heavy atom. The predicted molar refractivity (Wildman–Crippen MR) is 112 cm³/mol. The maximum Gasteiger partial charge on any atom is 0.226 e. The number of carbonyl (C=O) groups excluding carboxylic acids is 1. The number of rotatable bonds is 12. The zero-order chi connectivity index (χ0) is 18.6. The van der Waals surface area contributed by atoms with Gasteiger partial charge in [-0.3, -0.25) is 9.78 Å². The second kappa shape index (κ2) is 12.2. The fraction of sp³-hybridized carbons (Fsp3) is 0.524. The molecule has 0 amide bonds. The number of nitrogens with zero attached hydrogens (tertiary/aromatic N) is 1. The van der Waals surface area contributed by atoms with Crippen LogP contribution in [0, 0.1) is 0 Å². The highest BCUT2D eigenvalue weighted by molar-refractivity contribution is 8.13. The fourth-order valence-corrected chi connectivity index (χ4v) is 3.76. The average Bonchev–Trinajstić information content (AvgIpc) is 2.66. The molecule has 0 bridgehead atoms. The number of hydrogen-bond donors (Lipinski definition) is 0. The van der Waals surface area contributed by atoms with Gasteiger partial charge >= 0.3 is 0 Å². The summed E-state index contributed by atoms with van der Waals surface area (Å²) < 4.78 is 5.68. The Balaban J connectivity index is 1.63. The van der Waals surface area contributed by atoms with Gasteiger partial charge in [-0.2, -0.15) is 0 Å². The Kier molecular flexibility index (Phi) is 9.86. The zero-order valence-corrected chi connectivity index (χ0v) is 17.1. The Morgan fingerprint density at radius 2 is 1.81 bits per heavy atom. The number of pyridine rings is 1. The third kappa shape index (κ3) is 7.16. The van der Waals surface area contributed by atoms with Gasteiger partial charge in [-0.05, 0) is 30.7 Å². The van der Waals surface area contributed by atoms with Gasteiger partial charge in [-0.1, -0.05) is 75.2 Å². The van der Waals surface area contributed by atoms with E-state index in [0.717, 1.165) is 17.6 Å². The molecule has 2 rings (SSSR count). The monoisotopic (exact) mass is 393 g/mol. The molecular formula is C21H28ClNO2S. The van der Waals surface area contributed by atoms with E-state index in [1.54, 1.807) is 18.3 Å². The SMILES string of the molecule is CCCCCCCCCCSC(=O)COc1ccc(Cl)c2cccnc12. The highest BCUT2D eigenvalue weighted by atomic mass is 35.5.